The minimum atomic E-state index is 0.230. The molecule has 0 unspecified atom stereocenters. The highest BCUT2D eigenvalue weighted by Gasteiger charge is 2.22. The molecular weight excluding hydrogens is 373 g/mol. The van der Waals surface area contributed by atoms with E-state index in [1.165, 1.54) is 0 Å². The molecule has 0 saturated carbocycles. The van der Waals surface area contributed by atoms with Crippen LogP contribution in [0.15, 0.2) is 0 Å². The van der Waals surface area contributed by atoms with Gasteiger partial charge in [0.25, 0.3) is 0 Å². The van der Waals surface area contributed by atoms with E-state index in [-0.39, 0.29) is 12.8 Å². The molecule has 0 aromatic heterocycles. The Labute approximate surface area is 117 Å². The molecule has 0 N–H and O–H groups in total. The summed E-state index contributed by atoms with van der Waals surface area (Å²) in [5.41, 5.74) is 0. The Morgan fingerprint density at radius 2 is 1.69 bits per heavy atom. The van der Waals surface area contributed by atoms with Crippen molar-refractivity contribution < 1.29 is 0 Å². The van der Waals surface area contributed by atoms with Crippen molar-refractivity contribution in [1.29, 1.82) is 0 Å². The maximum absolute atomic E-state index is 5.50. The molecule has 13 heavy (non-hydrogen) atoms. The lowest BCUT2D eigenvalue weighted by Crippen LogP contribution is -2.56. The predicted molar refractivity (Wildman–Crippen MR) is 91.3 cm³/mol. The number of halogens is 2. The first-order chi connectivity index (χ1) is 6.29. The Kier molecular flexibility index (Phi) is 12.5. The maximum atomic E-state index is 5.50. The van der Waals surface area contributed by atoms with Crippen LogP contribution >= 0.6 is 44.7 Å². The van der Waals surface area contributed by atoms with Crippen LogP contribution < -0.4 is 0 Å². The molecule has 0 aliphatic heterocycles. The molecule has 0 fully saturated rings. The van der Waals surface area contributed by atoms with E-state index in [9.17, 15) is 0 Å². The minimum Gasteiger partial charge on any atom is -0.171 e. The second-order valence-corrected chi connectivity index (χ2v) is 3.81. The monoisotopic (exact) mass is 375 g/mol. The van der Waals surface area contributed by atoms with Gasteiger partial charge < -0.3 is 0 Å². The Bertz CT molecular complexity index is 100. The van der Waals surface area contributed by atoms with Gasteiger partial charge in [-0.15, -0.1) is 0 Å². The standard InChI is InChI=1S/B11I2/c1-3-6-11(7-5-8-12)10(4-2)9-13. The second kappa shape index (κ2) is 10.7. The summed E-state index contributed by atoms with van der Waals surface area (Å²) in [6, 6.07) is 0. The van der Waals surface area contributed by atoms with E-state index < -0.39 is 0 Å². The van der Waals surface area contributed by atoms with E-state index in [0.717, 1.165) is 0 Å². The van der Waals surface area contributed by atoms with Gasteiger partial charge in [-0.25, -0.2) is 0 Å². The number of hydrogen-bond acceptors (Lipinski definition) is 0. The highest BCUT2D eigenvalue weighted by molar-refractivity contribution is 14.1. The molecule has 0 bridgehead atoms. The Hall–Kier alpha value is 2.17. The van der Waals surface area contributed by atoms with E-state index in [2.05, 4.69) is 51.8 Å². The molecule has 0 aromatic carbocycles. The highest BCUT2D eigenvalue weighted by Crippen LogP contribution is 1.90. The first kappa shape index (κ1) is 15.2. The van der Waals surface area contributed by atoms with Crippen molar-refractivity contribution >= 4 is 118 Å². The third-order valence-electron chi connectivity index (χ3n) is 1.55. The fourth-order valence-corrected chi connectivity index (χ4v) is 1.83. The number of rotatable bonds is 8. The van der Waals surface area contributed by atoms with Gasteiger partial charge in [0.15, 0.2) is 0 Å². The summed E-state index contributed by atoms with van der Waals surface area (Å²) < 4.78 is 0. The lowest BCUT2D eigenvalue weighted by Gasteiger charge is -2.18. The molecule has 0 atom stereocenters. The zero-order valence-electron chi connectivity index (χ0n) is 7.11. The van der Waals surface area contributed by atoms with Crippen molar-refractivity contribution in [3.05, 3.63) is 0 Å². The average Bonchev–Trinajstić information content (AvgIpc) is 2.16. The van der Waals surface area contributed by atoms with Gasteiger partial charge in [-0.2, -0.15) is 44.7 Å². The molecule has 13 heteroatoms. The SMILES string of the molecule is [B][B][B]B([B][B][B]I)B([B][B])[B]I. The third kappa shape index (κ3) is 7.12. The van der Waals surface area contributed by atoms with Crippen LogP contribution in [0, 0.1) is 0 Å². The maximum Gasteiger partial charge on any atom is 0.143 e. The van der Waals surface area contributed by atoms with Crippen LogP contribution in [0.5, 0.6) is 0 Å². The summed E-state index contributed by atoms with van der Waals surface area (Å²) in [7, 11) is 20.1. The molecule has 0 saturated heterocycles. The summed E-state index contributed by atoms with van der Waals surface area (Å²) in [6.07, 6.45) is 0.478. The van der Waals surface area contributed by atoms with Crippen LogP contribution in [-0.4, -0.2) is 73.6 Å². The Morgan fingerprint density at radius 1 is 1.00 bits per heavy atom. The van der Waals surface area contributed by atoms with Gasteiger partial charge in [-0.3, -0.25) is 0 Å². The minimum absolute atomic E-state index is 0.230. The van der Waals surface area contributed by atoms with Crippen molar-refractivity contribution in [2.45, 2.75) is 0 Å². The van der Waals surface area contributed by atoms with E-state index in [0.29, 0.717) is 0 Å². The molecule has 0 aliphatic carbocycles. The van der Waals surface area contributed by atoms with E-state index >= 15 is 0 Å². The van der Waals surface area contributed by atoms with Crippen molar-refractivity contribution in [2.75, 3.05) is 0 Å². The molecule has 0 aliphatic rings. The average molecular weight is 373 g/mol. The van der Waals surface area contributed by atoms with Crippen LogP contribution in [0.25, 0.3) is 0 Å². The summed E-state index contributed by atoms with van der Waals surface area (Å²) in [4.78, 5) is 0. The molecule has 47 valence electrons. The lowest BCUT2D eigenvalue weighted by atomic mass is 8.65. The van der Waals surface area contributed by atoms with Gasteiger partial charge >= 0.3 is 0 Å². The van der Waals surface area contributed by atoms with Crippen LogP contribution in [0.2, 0.25) is 0 Å². The van der Waals surface area contributed by atoms with Gasteiger partial charge in [0.1, 0.15) is 10.1 Å². The quantitative estimate of drug-likeness (QED) is 0.329. The van der Waals surface area contributed by atoms with Crippen molar-refractivity contribution in [3.8, 4) is 0 Å². The summed E-state index contributed by atoms with van der Waals surface area (Å²) in [6.45, 7) is 0. The zero-order chi connectivity index (χ0) is 10.1. The molecule has 0 aromatic rings. The van der Waals surface area contributed by atoms with E-state index in [4.69, 9.17) is 15.5 Å². The number of hydrogen-bond donors (Lipinski definition) is 0. The Balaban J connectivity index is 3.88. The van der Waals surface area contributed by atoms with Gasteiger partial charge in [-0.1, -0.05) is 0 Å². The van der Waals surface area contributed by atoms with E-state index in [1.54, 1.807) is 14.1 Å². The van der Waals surface area contributed by atoms with Crippen LogP contribution in [0.1, 0.15) is 0 Å². The van der Waals surface area contributed by atoms with E-state index in [1.807, 2.05) is 24.2 Å². The fourth-order valence-electron chi connectivity index (χ4n) is 0.874. The lowest BCUT2D eigenvalue weighted by molar-refractivity contribution is 3.58. The predicted octanol–water partition coefficient (Wildman–Crippen LogP) is -2.42. The molecule has 0 amide bonds. The van der Waals surface area contributed by atoms with Crippen LogP contribution in [0.4, 0.5) is 0 Å². The van der Waals surface area contributed by atoms with Crippen molar-refractivity contribution in [2.24, 2.45) is 0 Å². The molecular formula is B11I2. The fraction of sp³-hybridized carbons (Fsp3) is 0. The highest BCUT2D eigenvalue weighted by atomic mass is 127. The summed E-state index contributed by atoms with van der Waals surface area (Å²) >= 11 is 4.38. The topological polar surface area (TPSA) is 0 Å². The first-order valence-corrected chi connectivity index (χ1v) is 6.26. The summed E-state index contributed by atoms with van der Waals surface area (Å²) in [5, 5.41) is 3.98. The normalized spacial score (nSPS) is 7.85. The molecule has 0 spiro atoms. The zero-order valence-corrected chi connectivity index (χ0v) is 11.4. The van der Waals surface area contributed by atoms with Gasteiger partial charge in [0.2, 0.25) is 0 Å². The first-order valence-electron chi connectivity index (χ1n) is 3.77. The third-order valence-corrected chi connectivity index (χ3v) is 2.80. The van der Waals surface area contributed by atoms with Gasteiger partial charge in [0, 0.05) is 63.5 Å². The molecule has 0 nitrogen and oxygen atoms in total. The molecule has 11 radical (unpaired) electrons. The largest absolute Gasteiger partial charge is 0.171 e. The second-order valence-electron chi connectivity index (χ2n) is 2.37. The van der Waals surface area contributed by atoms with Crippen molar-refractivity contribution in [1.82, 2.24) is 0 Å². The van der Waals surface area contributed by atoms with Crippen LogP contribution in [0.3, 0.4) is 0 Å². The van der Waals surface area contributed by atoms with Gasteiger partial charge in [-0.05, 0) is 0 Å². The Morgan fingerprint density at radius 3 is 2.08 bits per heavy atom. The molecule has 0 rings (SSSR count). The summed E-state index contributed by atoms with van der Waals surface area (Å²) in [5.74, 6) is 0. The van der Waals surface area contributed by atoms with Crippen molar-refractivity contribution in [3.63, 3.8) is 0 Å². The smallest absolute Gasteiger partial charge is 0.143 e. The van der Waals surface area contributed by atoms with Gasteiger partial charge in [0.05, 0.1) is 0 Å². The van der Waals surface area contributed by atoms with Crippen LogP contribution in [-0.2, 0) is 0 Å². The molecule has 0 heterocycles.